The molecule has 2 aromatic carbocycles. The minimum Gasteiger partial charge on any atom is -0.480 e. The Kier molecular flexibility index (Phi) is 6.30. The lowest BCUT2D eigenvalue weighted by atomic mass is 9.98. The van der Waals surface area contributed by atoms with Crippen LogP contribution in [0.25, 0.3) is 11.1 Å². The maximum atomic E-state index is 13.0. The van der Waals surface area contributed by atoms with E-state index in [2.05, 4.69) is 29.6 Å². The van der Waals surface area contributed by atoms with Gasteiger partial charge in [0.2, 0.25) is 5.91 Å². The van der Waals surface area contributed by atoms with Crippen molar-refractivity contribution in [1.82, 2.24) is 10.2 Å². The van der Waals surface area contributed by atoms with Crippen LogP contribution in [0.1, 0.15) is 36.8 Å². The van der Waals surface area contributed by atoms with E-state index in [1.165, 1.54) is 4.90 Å². The summed E-state index contributed by atoms with van der Waals surface area (Å²) in [5.41, 5.74) is 4.96. The molecule has 3 atom stereocenters. The van der Waals surface area contributed by atoms with E-state index in [1.54, 1.807) is 13.0 Å². The van der Waals surface area contributed by atoms with Crippen molar-refractivity contribution in [2.45, 2.75) is 43.9 Å². The number of carbonyl (C=O) groups excluding carboxylic acids is 2. The molecule has 2 amide bonds. The minimum absolute atomic E-state index is 0.0308. The van der Waals surface area contributed by atoms with E-state index in [1.807, 2.05) is 24.3 Å². The average Bonchev–Trinajstić information content (AvgIpc) is 3.54. The number of rotatable bonds is 6. The number of likely N-dealkylation sites (tertiary alicyclic amines) is 1. The number of carboxylic acid groups (broad SMARTS) is 1. The number of hydrogen-bond donors (Lipinski definition) is 2. The van der Waals surface area contributed by atoms with Gasteiger partial charge in [0.05, 0.1) is 12.1 Å². The number of ether oxygens (including phenoxy) is 2. The van der Waals surface area contributed by atoms with Crippen molar-refractivity contribution in [2.24, 2.45) is 0 Å². The van der Waals surface area contributed by atoms with E-state index in [4.69, 9.17) is 9.47 Å². The van der Waals surface area contributed by atoms with Crippen LogP contribution >= 0.6 is 0 Å². The van der Waals surface area contributed by atoms with Crippen molar-refractivity contribution >= 4 is 18.0 Å². The van der Waals surface area contributed by atoms with Gasteiger partial charge in [-0.2, -0.15) is 0 Å². The van der Waals surface area contributed by atoms with Gasteiger partial charge in [-0.3, -0.25) is 4.79 Å². The number of carbonyl (C=O) groups is 3. The zero-order valence-electron chi connectivity index (χ0n) is 19.5. The van der Waals surface area contributed by atoms with Crippen LogP contribution in [0, 0.1) is 0 Å². The number of benzene rings is 2. The topological polar surface area (TPSA) is 105 Å². The third kappa shape index (κ3) is 4.30. The second kappa shape index (κ2) is 9.54. The van der Waals surface area contributed by atoms with Crippen LogP contribution in [0.5, 0.6) is 0 Å². The van der Waals surface area contributed by atoms with Crippen molar-refractivity contribution in [3.8, 4) is 11.1 Å². The summed E-state index contributed by atoms with van der Waals surface area (Å²) in [6.07, 6.45) is 1.72. The van der Waals surface area contributed by atoms with Gasteiger partial charge in [0.15, 0.2) is 0 Å². The van der Waals surface area contributed by atoms with Crippen molar-refractivity contribution in [3.05, 3.63) is 71.3 Å². The molecular weight excluding hydrogens is 448 g/mol. The maximum absolute atomic E-state index is 13.0. The standard InChI is InChI=1S/C27H28N2O6/c1-16(25(30)29-22-11-13-34-24(22)14-23(29)26(31)32)10-12-28-27(33)35-15-21-19-8-4-2-6-17(19)18-7-3-5-9-20(18)21/h2-10,21-24H,11-15H2,1H3,(H,28,33)(H,31,32)/b16-10+. The van der Waals surface area contributed by atoms with Crippen LogP contribution < -0.4 is 5.32 Å². The molecule has 0 saturated carbocycles. The molecule has 182 valence electrons. The zero-order valence-corrected chi connectivity index (χ0v) is 19.5. The van der Waals surface area contributed by atoms with E-state index in [0.717, 1.165) is 22.3 Å². The van der Waals surface area contributed by atoms with Crippen LogP contribution in [0.3, 0.4) is 0 Å². The molecule has 1 aliphatic carbocycles. The summed E-state index contributed by atoms with van der Waals surface area (Å²) in [7, 11) is 0. The fourth-order valence-corrected chi connectivity index (χ4v) is 5.48. The number of alkyl carbamates (subject to hydrolysis) is 1. The fourth-order valence-electron chi connectivity index (χ4n) is 5.48. The summed E-state index contributed by atoms with van der Waals surface area (Å²) in [6, 6.07) is 15.1. The van der Waals surface area contributed by atoms with Crippen LogP contribution in [-0.4, -0.2) is 65.9 Å². The van der Waals surface area contributed by atoms with Gasteiger partial charge in [0.25, 0.3) is 0 Å². The highest BCUT2D eigenvalue weighted by molar-refractivity contribution is 5.96. The van der Waals surface area contributed by atoms with Crippen molar-refractivity contribution in [1.29, 1.82) is 0 Å². The SMILES string of the molecule is C/C(=C\CNC(=O)OCC1c2ccccc2-c2ccccc21)C(=O)N1C(C(=O)O)CC2OCCC21. The van der Waals surface area contributed by atoms with E-state index >= 15 is 0 Å². The average molecular weight is 477 g/mol. The largest absolute Gasteiger partial charge is 0.480 e. The maximum Gasteiger partial charge on any atom is 0.407 e. The first-order chi connectivity index (χ1) is 17.0. The monoisotopic (exact) mass is 476 g/mol. The van der Waals surface area contributed by atoms with Crippen LogP contribution in [0.15, 0.2) is 60.2 Å². The Morgan fingerprint density at radius 3 is 2.43 bits per heavy atom. The number of nitrogens with zero attached hydrogens (tertiary/aromatic N) is 1. The van der Waals surface area contributed by atoms with Gasteiger partial charge in [-0.1, -0.05) is 54.6 Å². The van der Waals surface area contributed by atoms with Gasteiger partial charge >= 0.3 is 12.1 Å². The van der Waals surface area contributed by atoms with Crippen LogP contribution in [0.4, 0.5) is 4.79 Å². The molecule has 2 aliphatic heterocycles. The molecule has 3 aliphatic rings. The summed E-state index contributed by atoms with van der Waals surface area (Å²) in [6.45, 7) is 2.46. The molecule has 2 fully saturated rings. The summed E-state index contributed by atoms with van der Waals surface area (Å²) in [4.78, 5) is 38.5. The summed E-state index contributed by atoms with van der Waals surface area (Å²) >= 11 is 0. The Bertz CT molecular complexity index is 1150. The second-order valence-electron chi connectivity index (χ2n) is 9.16. The normalized spacial score (nSPS) is 22.9. The Labute approximate surface area is 203 Å². The molecule has 0 spiro atoms. The first-order valence-electron chi connectivity index (χ1n) is 11.9. The predicted molar refractivity (Wildman–Crippen MR) is 128 cm³/mol. The Balaban J connectivity index is 1.17. The lowest BCUT2D eigenvalue weighted by Crippen LogP contribution is -2.45. The smallest absolute Gasteiger partial charge is 0.407 e. The van der Waals surface area contributed by atoms with Gasteiger partial charge < -0.3 is 24.8 Å². The van der Waals surface area contributed by atoms with Crippen LogP contribution in [-0.2, 0) is 19.1 Å². The molecule has 35 heavy (non-hydrogen) atoms. The lowest BCUT2D eigenvalue weighted by molar-refractivity contribution is -0.148. The summed E-state index contributed by atoms with van der Waals surface area (Å²) in [5, 5.41) is 12.2. The van der Waals surface area contributed by atoms with E-state index in [9.17, 15) is 19.5 Å². The molecule has 2 N–H and O–H groups in total. The fraction of sp³-hybridized carbons (Fsp3) is 0.370. The van der Waals surface area contributed by atoms with Gasteiger partial charge in [-0.05, 0) is 35.6 Å². The first-order valence-corrected chi connectivity index (χ1v) is 11.9. The molecule has 0 radical (unpaired) electrons. The first kappa shape index (κ1) is 23.1. The van der Waals surface area contributed by atoms with Gasteiger partial charge in [-0.25, -0.2) is 9.59 Å². The lowest BCUT2D eigenvalue weighted by Gasteiger charge is -2.27. The van der Waals surface area contributed by atoms with Gasteiger partial charge in [0.1, 0.15) is 12.6 Å². The highest BCUT2D eigenvalue weighted by Gasteiger charge is 2.50. The Morgan fingerprint density at radius 2 is 1.77 bits per heavy atom. The molecular formula is C27H28N2O6. The van der Waals surface area contributed by atoms with Crippen molar-refractivity contribution in [2.75, 3.05) is 19.8 Å². The molecule has 0 aromatic heterocycles. The molecule has 8 heteroatoms. The third-order valence-electron chi connectivity index (χ3n) is 7.18. The molecule has 8 nitrogen and oxygen atoms in total. The minimum atomic E-state index is -1.03. The van der Waals surface area contributed by atoms with E-state index in [0.29, 0.717) is 25.0 Å². The Morgan fingerprint density at radius 1 is 1.11 bits per heavy atom. The highest BCUT2D eigenvalue weighted by atomic mass is 16.5. The number of aliphatic carboxylic acids is 1. The van der Waals surface area contributed by atoms with Crippen molar-refractivity contribution in [3.63, 3.8) is 0 Å². The second-order valence-corrected chi connectivity index (χ2v) is 9.16. The Hall–Kier alpha value is -3.65. The van der Waals surface area contributed by atoms with Gasteiger partial charge in [-0.15, -0.1) is 0 Å². The summed E-state index contributed by atoms with van der Waals surface area (Å²) < 4.78 is 11.1. The number of nitrogens with one attached hydrogen (secondary N) is 1. The molecule has 0 bridgehead atoms. The number of fused-ring (bicyclic) bond motifs is 4. The van der Waals surface area contributed by atoms with E-state index in [-0.39, 0.29) is 37.1 Å². The molecule has 2 aromatic rings. The van der Waals surface area contributed by atoms with Crippen LogP contribution in [0.2, 0.25) is 0 Å². The molecule has 5 rings (SSSR count). The quantitative estimate of drug-likeness (QED) is 0.620. The van der Waals surface area contributed by atoms with Crippen molar-refractivity contribution < 1.29 is 29.0 Å². The molecule has 2 heterocycles. The third-order valence-corrected chi connectivity index (χ3v) is 7.18. The number of amides is 2. The van der Waals surface area contributed by atoms with E-state index < -0.39 is 18.1 Å². The number of hydrogen-bond acceptors (Lipinski definition) is 5. The predicted octanol–water partition coefficient (Wildman–Crippen LogP) is 3.31. The highest BCUT2D eigenvalue weighted by Crippen LogP contribution is 2.44. The number of carboxylic acids is 1. The zero-order chi connectivity index (χ0) is 24.5. The molecule has 2 saturated heterocycles. The summed E-state index contributed by atoms with van der Waals surface area (Å²) in [5.74, 6) is -1.40. The molecule has 3 unspecified atom stereocenters. The van der Waals surface area contributed by atoms with Gasteiger partial charge in [0, 0.05) is 31.1 Å².